The van der Waals surface area contributed by atoms with Gasteiger partial charge < -0.3 is 23.7 Å². The number of nitrogens with one attached hydrogen (secondary N) is 1. The number of imidazole rings is 2. The minimum atomic E-state index is -1.35. The minimum Gasteiger partial charge on any atom is -0.381 e. The molecule has 11 rings (SSSR count). The molecule has 2 fully saturated rings. The Kier molecular flexibility index (Phi) is 8.76. The van der Waals surface area contributed by atoms with Crippen molar-refractivity contribution in [1.29, 1.82) is 0 Å². The fraction of sp³-hybridized carbons (Fsp3) is 0.370. The lowest BCUT2D eigenvalue weighted by Gasteiger charge is -2.34. The summed E-state index contributed by atoms with van der Waals surface area (Å²) in [5.74, 6) is 1.73. The number of aromatic nitrogens is 7. The average molecular weight is 839 g/mol. The lowest BCUT2D eigenvalue weighted by Crippen LogP contribution is -2.43. The maximum absolute atomic E-state index is 15.5. The van der Waals surface area contributed by atoms with Crippen molar-refractivity contribution in [2.45, 2.75) is 84.2 Å². The Hall–Kier alpha value is -6.36. The number of nitrogens with zero attached hydrogens (tertiary/aromatic N) is 9. The molecule has 318 valence electrons. The molecule has 1 unspecified atom stereocenters. The third-order valence-corrected chi connectivity index (χ3v) is 13.7. The Balaban J connectivity index is 1.05. The zero-order valence-corrected chi connectivity index (χ0v) is 35.2. The fourth-order valence-electron chi connectivity index (χ4n) is 10.3. The number of rotatable bonds is 7. The van der Waals surface area contributed by atoms with Crippen LogP contribution in [0.25, 0.3) is 33.6 Å². The number of carbonyl (C=O) groups excluding carboxylic acids is 1. The van der Waals surface area contributed by atoms with Gasteiger partial charge in [-0.2, -0.15) is 5.10 Å². The van der Waals surface area contributed by atoms with Crippen molar-refractivity contribution < 1.29 is 23.9 Å². The van der Waals surface area contributed by atoms with E-state index in [9.17, 15) is 9.90 Å². The molecule has 15 nitrogen and oxygen atoms in total. The lowest BCUT2D eigenvalue weighted by atomic mass is 9.91. The Bertz CT molecular complexity index is 3050. The Labute approximate surface area is 355 Å². The maximum atomic E-state index is 15.5. The van der Waals surface area contributed by atoms with E-state index in [0.29, 0.717) is 78.4 Å². The van der Waals surface area contributed by atoms with Crippen LogP contribution in [-0.4, -0.2) is 80.8 Å². The summed E-state index contributed by atoms with van der Waals surface area (Å²) in [5.41, 5.74) is 8.86. The predicted molar refractivity (Wildman–Crippen MR) is 229 cm³/mol. The first-order valence-electron chi connectivity index (χ1n) is 21.3. The van der Waals surface area contributed by atoms with Gasteiger partial charge in [0.1, 0.15) is 28.7 Å². The number of benzene rings is 2. The largest absolute Gasteiger partial charge is 0.381 e. The summed E-state index contributed by atoms with van der Waals surface area (Å²) in [5, 5.41) is 16.4. The van der Waals surface area contributed by atoms with E-state index in [4.69, 9.17) is 14.7 Å². The number of aliphatic hydroxyl groups is 1. The monoisotopic (exact) mass is 838 g/mol. The number of hydrogen-bond donors (Lipinski definition) is 2. The first-order valence-corrected chi connectivity index (χ1v) is 21.3. The van der Waals surface area contributed by atoms with Gasteiger partial charge >= 0.3 is 5.69 Å². The fourth-order valence-corrected chi connectivity index (χ4v) is 10.3. The predicted octanol–water partition coefficient (Wildman–Crippen LogP) is 6.08. The van der Waals surface area contributed by atoms with Gasteiger partial charge in [-0.1, -0.05) is 13.0 Å². The molecule has 2 aromatic carbocycles. The number of hydroxylamine groups is 1. The van der Waals surface area contributed by atoms with Crippen molar-refractivity contribution >= 4 is 28.2 Å². The molecule has 3 aliphatic heterocycles. The summed E-state index contributed by atoms with van der Waals surface area (Å²) in [7, 11) is 0. The van der Waals surface area contributed by atoms with E-state index in [1.54, 1.807) is 58.4 Å². The molecule has 5 aromatic heterocycles. The highest BCUT2D eigenvalue weighted by Gasteiger charge is 2.60. The molecule has 0 radical (unpaired) electrons. The molecule has 1 aliphatic carbocycles. The second kappa shape index (κ2) is 14.1. The number of pyridine rings is 1. The van der Waals surface area contributed by atoms with Crippen LogP contribution >= 0.6 is 0 Å². The molecule has 0 spiro atoms. The molecular weight excluding hydrogens is 792 g/mol. The van der Waals surface area contributed by atoms with Crippen LogP contribution in [0.1, 0.15) is 89.3 Å². The Morgan fingerprint density at radius 1 is 0.968 bits per heavy atom. The van der Waals surface area contributed by atoms with E-state index in [-0.39, 0.29) is 23.3 Å². The van der Waals surface area contributed by atoms with Crippen molar-refractivity contribution in [1.82, 2.24) is 43.2 Å². The van der Waals surface area contributed by atoms with Crippen LogP contribution in [0.2, 0.25) is 0 Å². The van der Waals surface area contributed by atoms with Gasteiger partial charge in [-0.3, -0.25) is 13.9 Å². The molecule has 2 N–H and O–H groups in total. The van der Waals surface area contributed by atoms with E-state index in [0.717, 1.165) is 46.3 Å². The number of halogens is 1. The summed E-state index contributed by atoms with van der Waals surface area (Å²) in [6, 6.07) is 15.2. The number of amides is 1. The molecule has 16 heteroatoms. The van der Waals surface area contributed by atoms with Crippen LogP contribution in [-0.2, 0) is 21.5 Å². The first-order chi connectivity index (χ1) is 29.9. The molecule has 7 aromatic rings. The second-order valence-electron chi connectivity index (χ2n) is 17.3. The molecule has 62 heavy (non-hydrogen) atoms. The third kappa shape index (κ3) is 5.76. The number of aliphatic imine (C=N–C) groups is 1. The van der Waals surface area contributed by atoms with E-state index in [1.165, 1.54) is 5.56 Å². The van der Waals surface area contributed by atoms with Crippen molar-refractivity contribution in [3.63, 3.8) is 0 Å². The molecule has 1 saturated heterocycles. The highest BCUT2D eigenvalue weighted by atomic mass is 19.1. The van der Waals surface area contributed by atoms with Crippen LogP contribution in [0, 0.1) is 32.5 Å². The summed E-state index contributed by atoms with van der Waals surface area (Å²) < 4.78 is 29.7. The topological polar surface area (TPSA) is 150 Å². The van der Waals surface area contributed by atoms with Gasteiger partial charge in [0, 0.05) is 61.2 Å². The SMILES string of the molecule is Cc1cc(-n2nc3c(c2-n2ccn(-c4ccn5c(C)ncc5c4)c2=O)[C@H](C)N(C(=O)c2cc4cc(C5CCOCC5)ccc4n2[C@@]2(C4=NC(O)ON4)C[C@@H]2C)CC3)cc(C)c1F. The van der Waals surface area contributed by atoms with Crippen LogP contribution in [0.5, 0.6) is 0 Å². The summed E-state index contributed by atoms with van der Waals surface area (Å²) in [6.45, 7) is 11.2. The van der Waals surface area contributed by atoms with Crippen LogP contribution < -0.4 is 11.2 Å². The highest BCUT2D eigenvalue weighted by molar-refractivity contribution is 6.03. The number of aryl methyl sites for hydroxylation is 3. The van der Waals surface area contributed by atoms with Gasteiger partial charge in [0.25, 0.3) is 12.3 Å². The molecule has 1 saturated carbocycles. The summed E-state index contributed by atoms with van der Waals surface area (Å²) in [6.07, 6.45) is 8.71. The smallest absolute Gasteiger partial charge is 0.338 e. The Morgan fingerprint density at radius 2 is 1.73 bits per heavy atom. The van der Waals surface area contributed by atoms with Gasteiger partial charge in [0.2, 0.25) is 0 Å². The standard InChI is InChI=1S/C46H47FN10O5/c1-25-18-34(19-26(2)40(25)47)57-41(55-15-14-54(45(55)60)33-8-12-53-29(5)48-24-35(53)22-33)39-28(4)52(13-9-36(39)50-57)42(58)38-21-32-20-31(30-10-16-61-17-11-30)6-7-37(32)56(38)46(23-27(46)3)43-49-44(59)62-51-43/h6-8,12,14-15,18-22,24,27-28,30,44,59H,9-11,13,16-17,23H2,1-5H3,(H,49,51)/t27-,28-,44?,46-/m0/s1. The summed E-state index contributed by atoms with van der Waals surface area (Å²) >= 11 is 0. The molecule has 0 bridgehead atoms. The number of fused-ring (bicyclic) bond motifs is 3. The number of hydrogen-bond acceptors (Lipinski definition) is 9. The third-order valence-electron chi connectivity index (χ3n) is 13.7. The zero-order chi connectivity index (χ0) is 42.8. The minimum absolute atomic E-state index is 0.0763. The van der Waals surface area contributed by atoms with E-state index in [1.807, 2.05) is 47.5 Å². The van der Waals surface area contributed by atoms with Crippen LogP contribution in [0.3, 0.4) is 0 Å². The molecule has 1 amide bonds. The maximum Gasteiger partial charge on any atom is 0.338 e. The van der Waals surface area contributed by atoms with Crippen LogP contribution in [0.15, 0.2) is 83.1 Å². The second-order valence-corrected chi connectivity index (χ2v) is 17.3. The number of carbonyl (C=O) groups is 1. The first kappa shape index (κ1) is 38.6. The van der Waals surface area contributed by atoms with E-state index >= 15 is 9.18 Å². The normalized spacial score (nSPS) is 22.7. The molecular formula is C46H47FN10O5. The number of amidine groups is 1. The van der Waals surface area contributed by atoms with Crippen molar-refractivity contribution in [2.75, 3.05) is 19.8 Å². The van der Waals surface area contributed by atoms with E-state index in [2.05, 4.69) is 45.1 Å². The molecule has 4 atom stereocenters. The van der Waals surface area contributed by atoms with Gasteiger partial charge in [-0.05, 0) is 118 Å². The highest BCUT2D eigenvalue weighted by Crippen LogP contribution is 2.54. The number of aliphatic hydroxyl groups excluding tert-OH is 1. The van der Waals surface area contributed by atoms with Gasteiger partial charge in [0.15, 0.2) is 5.84 Å². The number of ether oxygens (including phenoxy) is 1. The Morgan fingerprint density at radius 3 is 2.45 bits per heavy atom. The molecule has 4 aliphatic rings. The van der Waals surface area contributed by atoms with Gasteiger partial charge in [0.05, 0.1) is 34.8 Å². The van der Waals surface area contributed by atoms with Crippen molar-refractivity contribution in [3.8, 4) is 17.2 Å². The van der Waals surface area contributed by atoms with Gasteiger partial charge in [-0.15, -0.1) is 0 Å². The lowest BCUT2D eigenvalue weighted by molar-refractivity contribution is -0.103. The van der Waals surface area contributed by atoms with Crippen molar-refractivity contribution in [2.24, 2.45) is 10.9 Å². The van der Waals surface area contributed by atoms with Crippen LogP contribution in [0.4, 0.5) is 4.39 Å². The van der Waals surface area contributed by atoms with Crippen molar-refractivity contribution in [3.05, 3.63) is 129 Å². The van der Waals surface area contributed by atoms with Gasteiger partial charge in [-0.25, -0.2) is 34.2 Å². The quantitative estimate of drug-likeness (QED) is 0.196. The molecule has 8 heterocycles. The summed E-state index contributed by atoms with van der Waals surface area (Å²) in [4.78, 5) is 46.2. The zero-order valence-electron chi connectivity index (χ0n) is 35.2. The average Bonchev–Trinajstić information content (AvgIpc) is 3.90. The van der Waals surface area contributed by atoms with E-state index < -0.39 is 18.0 Å².